The second-order valence-corrected chi connectivity index (χ2v) is 3.10. The third-order valence-electron chi connectivity index (χ3n) is 1.90. The van der Waals surface area contributed by atoms with Crippen molar-refractivity contribution in [1.82, 2.24) is 0 Å². The molecule has 1 unspecified atom stereocenters. The Morgan fingerprint density at radius 3 is 2.75 bits per heavy atom. The number of rotatable bonds is 2. The molecule has 0 aliphatic carbocycles. The second-order valence-electron chi connectivity index (χ2n) is 3.10. The molecule has 84 valence electrons. The van der Waals surface area contributed by atoms with Gasteiger partial charge in [-0.2, -0.15) is 0 Å². The molecular formula is C15H19N. The fourth-order valence-corrected chi connectivity index (χ4v) is 1.18. The SMILES string of the molecule is [2H]c1c([2H])c([2H])c2c(C([2H])(N([2H])[2H])C(C([2H])([2H])[2H])(C([2H])([2H])[2H])C([2H])([2H])[2H])c([2H])c([2H])c([2H])c2c1[2H]. The molecule has 0 fully saturated rings. The van der Waals surface area contributed by atoms with Gasteiger partial charge in [0.1, 0.15) is 2.82 Å². The lowest BCUT2D eigenvalue weighted by Crippen LogP contribution is -2.26. The number of fused-ring (bicyclic) bond motifs is 1. The number of hydrogen-bond acceptors (Lipinski definition) is 1. The molecule has 2 N–H and O–H groups in total. The van der Waals surface area contributed by atoms with Crippen molar-refractivity contribution >= 4 is 10.8 Å². The van der Waals surface area contributed by atoms with Gasteiger partial charge in [0.25, 0.3) is 0 Å². The summed E-state index contributed by atoms with van der Waals surface area (Å²) in [6.07, 6.45) is 0. The molecule has 2 rings (SSSR count). The van der Waals surface area contributed by atoms with E-state index in [-0.39, 0.29) is 0 Å². The van der Waals surface area contributed by atoms with Crippen LogP contribution in [-0.2, 0) is 0 Å². The zero-order valence-electron chi connectivity index (χ0n) is 26.9. The predicted octanol–water partition coefficient (Wildman–Crippen LogP) is 3.89. The van der Waals surface area contributed by atoms with Gasteiger partial charge in [-0.05, 0) is 21.8 Å². The minimum atomic E-state index is -4.31. The average molecular weight is 232 g/mol. The zero-order chi connectivity index (χ0) is 27.9. The van der Waals surface area contributed by atoms with Gasteiger partial charge in [0.05, 0.1) is 11.0 Å². The second kappa shape index (κ2) is 3.91. The van der Waals surface area contributed by atoms with Crippen molar-refractivity contribution in [2.24, 2.45) is 11.1 Å². The lowest BCUT2D eigenvalue weighted by Gasteiger charge is -2.28. The van der Waals surface area contributed by atoms with Gasteiger partial charge in [-0.1, -0.05) is 62.9 Å². The predicted molar refractivity (Wildman–Crippen MR) is 70.3 cm³/mol. The molecule has 0 bridgehead atoms. The van der Waals surface area contributed by atoms with Crippen LogP contribution in [0.2, 0.25) is 2.82 Å². The summed E-state index contributed by atoms with van der Waals surface area (Å²) in [7, 11) is 0. The molecule has 0 saturated heterocycles. The van der Waals surface area contributed by atoms with Gasteiger partial charge < -0.3 is 5.72 Å². The van der Waals surface area contributed by atoms with Crippen LogP contribution in [0.4, 0.5) is 0 Å². The maximum absolute atomic E-state index is 8.92. The third kappa shape index (κ3) is 1.96. The van der Waals surface area contributed by atoms with Gasteiger partial charge in [-0.15, -0.1) is 0 Å². The van der Waals surface area contributed by atoms with Gasteiger partial charge in [0.15, 0.2) is 0 Å². The molecule has 1 nitrogen and oxygen atoms in total. The molecule has 0 amide bonds. The van der Waals surface area contributed by atoms with E-state index in [0.717, 1.165) is 0 Å². The summed E-state index contributed by atoms with van der Waals surface area (Å²) >= 11 is 0. The van der Waals surface area contributed by atoms with Crippen LogP contribution in [0.25, 0.3) is 10.8 Å². The summed E-state index contributed by atoms with van der Waals surface area (Å²) in [5.41, 5.74) is -6.58. The van der Waals surface area contributed by atoms with Gasteiger partial charge in [-0.3, -0.25) is 0 Å². The summed E-state index contributed by atoms with van der Waals surface area (Å²) in [5.74, 6) is 0. The van der Waals surface area contributed by atoms with Crippen LogP contribution < -0.4 is 5.72 Å². The molecule has 0 spiro atoms. The Morgan fingerprint density at radius 1 is 1.25 bits per heavy atom. The fraction of sp³-hybridized carbons (Fsp3) is 0.333. The van der Waals surface area contributed by atoms with Crippen molar-refractivity contribution in [3.63, 3.8) is 0 Å². The Hall–Kier alpha value is -1.34. The fourth-order valence-electron chi connectivity index (χ4n) is 1.18. The van der Waals surface area contributed by atoms with Crippen molar-refractivity contribution in [3.05, 3.63) is 47.9 Å². The first kappa shape index (κ1) is 2.28. The van der Waals surface area contributed by atoms with E-state index in [0.29, 0.717) is 0 Å². The van der Waals surface area contributed by atoms with Crippen molar-refractivity contribution < 1.29 is 26.1 Å². The number of benzene rings is 2. The topological polar surface area (TPSA) is 26.0 Å². The van der Waals surface area contributed by atoms with Crippen LogP contribution >= 0.6 is 0 Å². The summed E-state index contributed by atoms with van der Waals surface area (Å²) < 4.78 is 152. The molecule has 0 aromatic heterocycles. The molecule has 2 aromatic carbocycles. The Bertz CT molecular complexity index is 1130. The van der Waals surface area contributed by atoms with Gasteiger partial charge in [0.2, 0.25) is 0 Å². The number of hydrogen-bond donors (Lipinski definition) is 1. The van der Waals surface area contributed by atoms with Crippen LogP contribution in [0.15, 0.2) is 42.3 Å². The maximum Gasteiger partial charge on any atom is 0.119 e. The standard InChI is InChI=1S/C15H19N/c1-15(2,3)14(16)13-10-6-8-11-7-4-5-9-12(11)13/h4-10,14H,16H2,1-3H3/i1D3,2D3,3D3,4D,5D,6D,7D,8D,9D,10D,14D/hD2. The molecule has 0 aliphatic rings. The molecule has 1 heteroatoms. The molecule has 0 radical (unpaired) electrons. The minimum Gasteiger partial charge on any atom is -0.323 e. The van der Waals surface area contributed by atoms with E-state index in [4.69, 9.17) is 26.1 Å². The monoisotopic (exact) mass is 232 g/mol. The Kier molecular flexibility index (Phi) is 0.557. The quantitative estimate of drug-likeness (QED) is 0.835. The molecule has 2 aromatic rings. The van der Waals surface area contributed by atoms with Crippen LogP contribution in [0.1, 0.15) is 55.4 Å². The first-order valence-electron chi connectivity index (χ1n) is 13.6. The molecule has 1 atom stereocenters. The van der Waals surface area contributed by atoms with Crippen LogP contribution in [0.3, 0.4) is 0 Å². The van der Waals surface area contributed by atoms with E-state index in [2.05, 4.69) is 0 Å². The normalized spacial score (nSPS) is 35.7. The summed E-state index contributed by atoms with van der Waals surface area (Å²) in [6.45, 7) is -12.5. The molecular weight excluding hydrogens is 194 g/mol. The van der Waals surface area contributed by atoms with Gasteiger partial charge in [0, 0.05) is 18.4 Å². The van der Waals surface area contributed by atoms with E-state index in [1.807, 2.05) is 0 Å². The van der Waals surface area contributed by atoms with Crippen molar-refractivity contribution in [2.75, 3.05) is 0 Å². The molecule has 16 heavy (non-hydrogen) atoms. The Morgan fingerprint density at radius 2 is 2.00 bits per heavy atom. The lowest BCUT2D eigenvalue weighted by molar-refractivity contribution is 0.328. The maximum atomic E-state index is 8.92. The highest BCUT2D eigenvalue weighted by Gasteiger charge is 2.23. The zero-order valence-corrected chi connectivity index (χ0v) is 7.95. The summed E-state index contributed by atoms with van der Waals surface area (Å²) in [4.78, 5) is 0. The van der Waals surface area contributed by atoms with Crippen LogP contribution in [0, 0.1) is 5.41 Å². The van der Waals surface area contributed by atoms with Crippen molar-refractivity contribution in [1.29, 1.82) is 0 Å². The first-order chi connectivity index (χ1) is 15.4. The minimum absolute atomic E-state index is 0.832. The molecule has 0 aliphatic heterocycles. The summed E-state index contributed by atoms with van der Waals surface area (Å²) in [5, 5.41) is -1.84. The largest absolute Gasteiger partial charge is 0.323 e. The Labute approximate surface area is 124 Å². The first-order valence-corrected chi connectivity index (χ1v) is 4.22. The van der Waals surface area contributed by atoms with E-state index >= 15 is 0 Å². The van der Waals surface area contributed by atoms with E-state index in [9.17, 15) is 0 Å². The molecule has 0 saturated carbocycles. The van der Waals surface area contributed by atoms with Gasteiger partial charge >= 0.3 is 0 Å². The highest BCUT2D eigenvalue weighted by Crippen LogP contribution is 2.34. The lowest BCUT2D eigenvalue weighted by atomic mass is 9.81. The number of nitrogens with two attached hydrogens (primary N) is 1. The van der Waals surface area contributed by atoms with E-state index < -0.39 is 96.3 Å². The average Bonchev–Trinajstić information content (AvgIpc) is 2.65. The highest BCUT2D eigenvalue weighted by atomic mass is 14.7. The van der Waals surface area contributed by atoms with E-state index in [1.54, 1.807) is 0 Å². The smallest absolute Gasteiger partial charge is 0.119 e. The summed E-state index contributed by atoms with van der Waals surface area (Å²) in [6, 6.07) is -11.6. The van der Waals surface area contributed by atoms with Gasteiger partial charge in [-0.25, -0.2) is 0 Å². The van der Waals surface area contributed by atoms with Crippen molar-refractivity contribution in [2.45, 2.75) is 26.6 Å². The van der Waals surface area contributed by atoms with Crippen LogP contribution in [0.5, 0.6) is 0 Å². The van der Waals surface area contributed by atoms with E-state index in [1.165, 1.54) is 0 Å². The molecule has 0 heterocycles. The Balaban J connectivity index is 3.53. The third-order valence-corrected chi connectivity index (χ3v) is 1.90. The van der Waals surface area contributed by atoms with Crippen LogP contribution in [-0.4, -0.2) is 0 Å². The van der Waals surface area contributed by atoms with Crippen molar-refractivity contribution in [3.8, 4) is 0 Å². The highest BCUT2D eigenvalue weighted by molar-refractivity contribution is 5.86.